The molecule has 1 amide bonds. The molecule has 1 N–H and O–H groups in total. The van der Waals surface area contributed by atoms with Crippen molar-refractivity contribution in [1.82, 2.24) is 5.32 Å². The minimum absolute atomic E-state index is 0. The summed E-state index contributed by atoms with van der Waals surface area (Å²) in [6.45, 7) is 5.23. The number of carbonyl (C=O) groups is 1. The molecule has 12 heavy (non-hydrogen) atoms. The zero-order valence-electron chi connectivity index (χ0n) is 6.58. The van der Waals surface area contributed by atoms with Crippen LogP contribution in [0.25, 0.3) is 0 Å². The Morgan fingerprint density at radius 1 is 1.50 bits per heavy atom. The van der Waals surface area contributed by atoms with Gasteiger partial charge >= 0.3 is 29.6 Å². The molecule has 1 radical (unpaired) electrons. The third kappa shape index (κ3) is 11.2. The van der Waals surface area contributed by atoms with E-state index in [4.69, 9.17) is 0 Å². The number of hydrogen-bond acceptors (Lipinski definition) is 3. The van der Waals surface area contributed by atoms with Gasteiger partial charge in [-0.1, -0.05) is 0 Å². The summed E-state index contributed by atoms with van der Waals surface area (Å²) in [7, 11) is 0. The predicted molar refractivity (Wildman–Crippen MR) is 61.1 cm³/mol. The second-order valence-corrected chi connectivity index (χ2v) is 4.11. The van der Waals surface area contributed by atoms with Gasteiger partial charge in [-0.25, -0.2) is 0 Å². The molecule has 0 aliphatic carbocycles. The van der Waals surface area contributed by atoms with Crippen LogP contribution in [-0.2, 0) is 4.79 Å². The molecular weight excluding hydrogens is 201 g/mol. The second-order valence-electron chi connectivity index (χ2n) is 2.46. The fraction of sp³-hybridized carbons (Fsp3) is 0.714. The van der Waals surface area contributed by atoms with Gasteiger partial charge in [0.2, 0.25) is 5.91 Å². The molecule has 0 aliphatic rings. The van der Waals surface area contributed by atoms with Gasteiger partial charge in [0, 0.05) is 17.5 Å². The van der Waals surface area contributed by atoms with Crippen LogP contribution >= 0.6 is 25.3 Å². The fourth-order valence-corrected chi connectivity index (χ4v) is 1.01. The third-order valence-electron chi connectivity index (χ3n) is 1.18. The molecule has 2 nitrogen and oxygen atoms in total. The number of hydrogen-bond donors (Lipinski definition) is 3. The molecule has 0 rings (SSSR count). The number of nitrogens with one attached hydrogen (secondary N) is 1. The third-order valence-corrected chi connectivity index (χ3v) is 1.70. The van der Waals surface area contributed by atoms with Gasteiger partial charge in [-0.05, 0) is 19.8 Å². The van der Waals surface area contributed by atoms with Gasteiger partial charge in [-0.15, -0.1) is 0 Å². The van der Waals surface area contributed by atoms with Crippen molar-refractivity contribution in [2.75, 3.05) is 0 Å². The Morgan fingerprint density at radius 3 is 2.33 bits per heavy atom. The first-order valence-electron chi connectivity index (χ1n) is 3.48. The van der Waals surface area contributed by atoms with E-state index in [0.717, 1.165) is 12.8 Å². The summed E-state index contributed by atoms with van der Waals surface area (Å²) in [5.41, 5.74) is 0. The van der Waals surface area contributed by atoms with Crippen molar-refractivity contribution < 1.29 is 4.79 Å². The Labute approximate surface area is 107 Å². The van der Waals surface area contributed by atoms with E-state index in [1.807, 2.05) is 0 Å². The Kier molecular flexibility index (Phi) is 11.4. The SMILES string of the molecule is [CH2]C(CCC(S)S)NC(C)=O.[NaH]. The van der Waals surface area contributed by atoms with Gasteiger partial charge < -0.3 is 5.32 Å². The van der Waals surface area contributed by atoms with Crippen molar-refractivity contribution in [3.05, 3.63) is 6.92 Å². The fourth-order valence-electron chi connectivity index (χ4n) is 0.710. The maximum absolute atomic E-state index is 10.5. The molecule has 0 saturated carbocycles. The maximum atomic E-state index is 10.5. The van der Waals surface area contributed by atoms with Gasteiger partial charge in [-0.2, -0.15) is 25.3 Å². The van der Waals surface area contributed by atoms with Crippen LogP contribution in [0.4, 0.5) is 0 Å². The number of thiol groups is 2. The molecule has 0 heterocycles. The van der Waals surface area contributed by atoms with E-state index in [9.17, 15) is 4.79 Å². The molecule has 5 heteroatoms. The average Bonchev–Trinajstić information content (AvgIpc) is 1.82. The van der Waals surface area contributed by atoms with Crippen LogP contribution in [0.3, 0.4) is 0 Å². The number of amides is 1. The van der Waals surface area contributed by atoms with Crippen LogP contribution in [-0.4, -0.2) is 46.1 Å². The topological polar surface area (TPSA) is 29.1 Å². The molecule has 0 aliphatic heterocycles. The summed E-state index contributed by atoms with van der Waals surface area (Å²) in [5.74, 6) is -0.0418. The Morgan fingerprint density at radius 2 is 2.00 bits per heavy atom. The van der Waals surface area contributed by atoms with Crippen molar-refractivity contribution in [3.63, 3.8) is 0 Å². The standard InChI is InChI=1S/C7H14NOS2.Na.H/c1-5(8-6(2)9)3-4-7(10)11;;/h5,7,10-11H,1,3-4H2,2H3,(H,8,9);;. The van der Waals surface area contributed by atoms with Gasteiger partial charge in [0.1, 0.15) is 0 Å². The first-order valence-corrected chi connectivity index (χ1v) is 4.52. The molecule has 0 spiro atoms. The molecule has 0 aromatic carbocycles. The normalized spacial score (nSPS) is 12.1. The van der Waals surface area contributed by atoms with Crippen molar-refractivity contribution in [1.29, 1.82) is 0 Å². The summed E-state index contributed by atoms with van der Waals surface area (Å²) in [4.78, 5) is 10.5. The molecule has 0 fully saturated rings. The Hall–Kier alpha value is 1.17. The van der Waals surface area contributed by atoms with E-state index in [2.05, 4.69) is 37.5 Å². The summed E-state index contributed by atoms with van der Waals surface area (Å²) in [6, 6.07) is -0.0192. The van der Waals surface area contributed by atoms with Gasteiger partial charge in [0.05, 0.1) is 0 Å². The molecule has 67 valence electrons. The van der Waals surface area contributed by atoms with Gasteiger partial charge in [0.15, 0.2) is 0 Å². The van der Waals surface area contributed by atoms with E-state index in [0.29, 0.717) is 0 Å². The molecular formula is C7H15NNaOS2. The molecule has 0 aromatic rings. The summed E-state index contributed by atoms with van der Waals surface area (Å²) in [5, 5.41) is 2.68. The molecule has 0 bridgehead atoms. The Balaban J connectivity index is 0. The van der Waals surface area contributed by atoms with Crippen molar-refractivity contribution in [3.8, 4) is 0 Å². The van der Waals surface area contributed by atoms with Crippen LogP contribution in [0, 0.1) is 6.92 Å². The van der Waals surface area contributed by atoms with Gasteiger partial charge in [-0.3, -0.25) is 4.79 Å². The predicted octanol–water partition coefficient (Wildman–Crippen LogP) is 0.643. The summed E-state index contributed by atoms with van der Waals surface area (Å²) >= 11 is 8.17. The van der Waals surface area contributed by atoms with E-state index < -0.39 is 0 Å². The van der Waals surface area contributed by atoms with E-state index in [1.54, 1.807) is 0 Å². The van der Waals surface area contributed by atoms with Crippen molar-refractivity contribution in [2.24, 2.45) is 0 Å². The molecule has 0 saturated heterocycles. The van der Waals surface area contributed by atoms with Crippen molar-refractivity contribution >= 4 is 60.7 Å². The molecule has 0 aromatic heterocycles. The first-order chi connectivity index (χ1) is 5.02. The number of carbonyl (C=O) groups excluding carboxylic acids is 1. The summed E-state index contributed by atoms with van der Waals surface area (Å²) < 4.78 is 0.0769. The van der Waals surface area contributed by atoms with Crippen LogP contribution < -0.4 is 5.32 Å². The van der Waals surface area contributed by atoms with Crippen molar-refractivity contribution in [2.45, 2.75) is 30.4 Å². The van der Waals surface area contributed by atoms with E-state index in [1.165, 1.54) is 6.92 Å². The van der Waals surface area contributed by atoms with Crippen LogP contribution in [0.2, 0.25) is 0 Å². The molecule has 1 unspecified atom stereocenters. The van der Waals surface area contributed by atoms with Crippen LogP contribution in [0.1, 0.15) is 19.8 Å². The number of rotatable bonds is 4. The zero-order chi connectivity index (χ0) is 8.85. The zero-order valence-corrected chi connectivity index (χ0v) is 8.37. The van der Waals surface area contributed by atoms with E-state index >= 15 is 0 Å². The molecule has 1 atom stereocenters. The summed E-state index contributed by atoms with van der Waals surface area (Å²) in [6.07, 6.45) is 1.66. The average molecular weight is 216 g/mol. The first kappa shape index (κ1) is 15.6. The monoisotopic (exact) mass is 216 g/mol. The quantitative estimate of drug-likeness (QED) is 0.359. The minimum atomic E-state index is -0.0418. The second kappa shape index (κ2) is 8.75. The van der Waals surface area contributed by atoms with Crippen LogP contribution in [0.5, 0.6) is 0 Å². The Bertz CT molecular complexity index is 133. The van der Waals surface area contributed by atoms with E-state index in [-0.39, 0.29) is 46.1 Å². The van der Waals surface area contributed by atoms with Crippen LogP contribution in [0.15, 0.2) is 0 Å². The van der Waals surface area contributed by atoms with Gasteiger partial charge in [0.25, 0.3) is 0 Å².